The molecule has 0 saturated carbocycles. The van der Waals surface area contributed by atoms with Crippen LogP contribution in [0.4, 0.5) is 4.79 Å². The van der Waals surface area contributed by atoms with Crippen LogP contribution < -0.4 is 5.32 Å². The summed E-state index contributed by atoms with van der Waals surface area (Å²) >= 11 is 0. The van der Waals surface area contributed by atoms with Crippen molar-refractivity contribution in [2.24, 2.45) is 5.92 Å². The zero-order valence-corrected chi connectivity index (χ0v) is 23.8. The summed E-state index contributed by atoms with van der Waals surface area (Å²) in [6.07, 6.45) is 1.03. The lowest BCUT2D eigenvalue weighted by Crippen LogP contribution is -2.52. The molecule has 0 radical (unpaired) electrons. The highest BCUT2D eigenvalue weighted by molar-refractivity contribution is 6.11. The maximum absolute atomic E-state index is 14.3. The maximum Gasteiger partial charge on any atom is 0.328 e. The van der Waals surface area contributed by atoms with Crippen LogP contribution in [0.2, 0.25) is 0 Å². The van der Waals surface area contributed by atoms with Crippen LogP contribution >= 0.6 is 0 Å². The van der Waals surface area contributed by atoms with Gasteiger partial charge in [-0.1, -0.05) is 92.7 Å². The summed E-state index contributed by atoms with van der Waals surface area (Å²) in [5.74, 6) is -0.626. The molecule has 2 aliphatic rings. The third-order valence-electron chi connectivity index (χ3n) is 8.69. The van der Waals surface area contributed by atoms with Crippen molar-refractivity contribution in [3.8, 4) is 0 Å². The van der Waals surface area contributed by atoms with Crippen LogP contribution in [0.5, 0.6) is 0 Å². The van der Waals surface area contributed by atoms with E-state index in [1.165, 1.54) is 4.90 Å². The third kappa shape index (κ3) is 4.49. The zero-order chi connectivity index (χ0) is 28.7. The molecule has 1 aromatic heterocycles. The van der Waals surface area contributed by atoms with Crippen LogP contribution in [0.25, 0.3) is 10.9 Å². The molecule has 1 saturated heterocycles. The minimum atomic E-state index is -1.18. The molecule has 6 rings (SSSR count). The number of nitrogens with zero attached hydrogens (tertiary/aromatic N) is 2. The lowest BCUT2D eigenvalue weighted by atomic mass is 9.86. The molecule has 7 heteroatoms. The monoisotopic (exact) mass is 548 g/mol. The Morgan fingerprint density at radius 3 is 2.17 bits per heavy atom. The number of H-pyrrole nitrogens is 1. The average Bonchev–Trinajstić information content (AvgIpc) is 3.46. The minimum absolute atomic E-state index is 0.0659. The number of carbonyl (C=O) groups excluding carboxylic acids is 3. The molecule has 1 fully saturated rings. The molecule has 210 valence electrons. The van der Waals surface area contributed by atoms with Crippen molar-refractivity contribution in [2.45, 2.75) is 51.1 Å². The second-order valence-corrected chi connectivity index (χ2v) is 11.7. The standard InChI is InChI=1S/C34H36N4O3/c1-22(2)20-29(31(39)35-21-27(23-12-6-4-7-13-23)24-14-8-5-9-15-24)38-32(40)34(3)30-26(18-19-37(34)33(38)41)25-16-10-11-17-28(25)36-30/h4-17,22,27,29,36H,18-21H2,1-3H3,(H,35,39). The van der Waals surface area contributed by atoms with Crippen LogP contribution in [0.3, 0.4) is 0 Å². The maximum atomic E-state index is 14.3. The van der Waals surface area contributed by atoms with Crippen molar-refractivity contribution < 1.29 is 14.4 Å². The molecule has 4 aromatic rings. The van der Waals surface area contributed by atoms with Crippen molar-refractivity contribution >= 4 is 28.7 Å². The molecule has 2 unspecified atom stereocenters. The molecule has 2 aliphatic heterocycles. The molecule has 0 spiro atoms. The highest BCUT2D eigenvalue weighted by Gasteiger charge is 2.60. The Morgan fingerprint density at radius 1 is 0.927 bits per heavy atom. The summed E-state index contributed by atoms with van der Waals surface area (Å²) in [5, 5.41) is 4.20. The van der Waals surface area contributed by atoms with Crippen molar-refractivity contribution in [3.05, 3.63) is 107 Å². The zero-order valence-electron chi connectivity index (χ0n) is 23.8. The number of benzene rings is 3. The van der Waals surface area contributed by atoms with Crippen LogP contribution in [0.15, 0.2) is 84.9 Å². The van der Waals surface area contributed by atoms with E-state index >= 15 is 0 Å². The Hall–Kier alpha value is -4.39. The molecule has 2 atom stereocenters. The highest BCUT2D eigenvalue weighted by Crippen LogP contribution is 2.45. The fourth-order valence-electron chi connectivity index (χ4n) is 6.59. The van der Waals surface area contributed by atoms with E-state index in [2.05, 4.69) is 34.6 Å². The van der Waals surface area contributed by atoms with Crippen LogP contribution in [-0.4, -0.2) is 51.8 Å². The van der Waals surface area contributed by atoms with Crippen LogP contribution in [-0.2, 0) is 21.5 Å². The molecule has 0 aliphatic carbocycles. The number of para-hydroxylation sites is 1. The van der Waals surface area contributed by atoms with Gasteiger partial charge in [-0.15, -0.1) is 0 Å². The quantitative estimate of drug-likeness (QED) is 0.283. The summed E-state index contributed by atoms with van der Waals surface area (Å²) < 4.78 is 0. The largest absolute Gasteiger partial charge is 0.356 e. The number of amides is 4. The van der Waals surface area contributed by atoms with Crippen molar-refractivity contribution in [3.63, 3.8) is 0 Å². The first-order chi connectivity index (χ1) is 19.8. The van der Waals surface area contributed by atoms with Gasteiger partial charge in [0.1, 0.15) is 6.04 Å². The first-order valence-corrected chi connectivity index (χ1v) is 14.4. The van der Waals surface area contributed by atoms with Gasteiger partial charge in [-0.3, -0.25) is 9.59 Å². The van der Waals surface area contributed by atoms with Gasteiger partial charge in [0.05, 0.1) is 5.69 Å². The number of carbonyl (C=O) groups is 3. The number of hydrogen-bond acceptors (Lipinski definition) is 3. The van der Waals surface area contributed by atoms with Crippen molar-refractivity contribution in [2.75, 3.05) is 13.1 Å². The van der Waals surface area contributed by atoms with Gasteiger partial charge in [-0.2, -0.15) is 0 Å². The average molecular weight is 549 g/mol. The van der Waals surface area contributed by atoms with Gasteiger partial charge in [0, 0.05) is 29.9 Å². The normalized spacial score (nSPS) is 19.1. The van der Waals surface area contributed by atoms with Gasteiger partial charge in [0.15, 0.2) is 5.54 Å². The van der Waals surface area contributed by atoms with Gasteiger partial charge in [0.25, 0.3) is 5.91 Å². The number of imide groups is 1. The lowest BCUT2D eigenvalue weighted by molar-refractivity contribution is -0.140. The number of aromatic amines is 1. The predicted molar refractivity (Wildman–Crippen MR) is 159 cm³/mol. The lowest BCUT2D eigenvalue weighted by Gasteiger charge is -2.36. The Kier molecular flexibility index (Phi) is 6.89. The molecule has 41 heavy (non-hydrogen) atoms. The van der Waals surface area contributed by atoms with E-state index in [0.29, 0.717) is 25.9 Å². The van der Waals surface area contributed by atoms with Gasteiger partial charge < -0.3 is 15.2 Å². The Bertz CT molecular complexity index is 1560. The van der Waals surface area contributed by atoms with E-state index in [4.69, 9.17) is 0 Å². The molecule has 4 amide bonds. The van der Waals surface area contributed by atoms with Gasteiger partial charge in [-0.25, -0.2) is 9.69 Å². The van der Waals surface area contributed by atoms with Crippen molar-refractivity contribution in [1.29, 1.82) is 0 Å². The third-order valence-corrected chi connectivity index (χ3v) is 8.69. The molecule has 0 bridgehead atoms. The molecular formula is C34H36N4O3. The first-order valence-electron chi connectivity index (χ1n) is 14.4. The van der Waals surface area contributed by atoms with E-state index in [9.17, 15) is 14.4 Å². The Labute approximate surface area is 240 Å². The summed E-state index contributed by atoms with van der Waals surface area (Å²) in [6.45, 7) is 6.60. The van der Waals surface area contributed by atoms with E-state index < -0.39 is 17.6 Å². The van der Waals surface area contributed by atoms with E-state index in [0.717, 1.165) is 33.3 Å². The highest BCUT2D eigenvalue weighted by atomic mass is 16.2. The minimum Gasteiger partial charge on any atom is -0.356 e. The molecule has 2 N–H and O–H groups in total. The van der Waals surface area contributed by atoms with E-state index in [1.54, 1.807) is 4.90 Å². The van der Waals surface area contributed by atoms with Crippen LogP contribution in [0, 0.1) is 5.92 Å². The summed E-state index contributed by atoms with van der Waals surface area (Å²) in [6, 6.07) is 26.8. The summed E-state index contributed by atoms with van der Waals surface area (Å²) in [4.78, 5) is 48.5. The fourth-order valence-corrected chi connectivity index (χ4v) is 6.59. The Balaban J connectivity index is 1.31. The second-order valence-electron chi connectivity index (χ2n) is 11.7. The topological polar surface area (TPSA) is 85.5 Å². The number of urea groups is 1. The van der Waals surface area contributed by atoms with Gasteiger partial charge >= 0.3 is 6.03 Å². The second kappa shape index (κ2) is 10.5. The number of hydrogen-bond donors (Lipinski definition) is 2. The number of fused-ring (bicyclic) bond motifs is 5. The first kappa shape index (κ1) is 26.8. The van der Waals surface area contributed by atoms with E-state index in [-0.39, 0.29) is 23.7 Å². The number of rotatable bonds is 8. The predicted octanol–water partition coefficient (Wildman–Crippen LogP) is 5.57. The molecule has 3 aromatic carbocycles. The summed E-state index contributed by atoms with van der Waals surface area (Å²) in [5.41, 5.74) is 3.76. The van der Waals surface area contributed by atoms with E-state index in [1.807, 2.05) is 81.4 Å². The molecular weight excluding hydrogens is 512 g/mol. The molecule has 3 heterocycles. The van der Waals surface area contributed by atoms with Gasteiger partial charge in [-0.05, 0) is 48.4 Å². The Morgan fingerprint density at radius 2 is 1.54 bits per heavy atom. The van der Waals surface area contributed by atoms with Crippen LogP contribution in [0.1, 0.15) is 55.5 Å². The number of aromatic nitrogens is 1. The fraction of sp³-hybridized carbons (Fsp3) is 0.324. The smallest absolute Gasteiger partial charge is 0.328 e. The number of nitrogens with one attached hydrogen (secondary N) is 2. The summed E-state index contributed by atoms with van der Waals surface area (Å²) in [7, 11) is 0. The van der Waals surface area contributed by atoms with Crippen molar-refractivity contribution in [1.82, 2.24) is 20.1 Å². The van der Waals surface area contributed by atoms with Gasteiger partial charge in [0.2, 0.25) is 5.91 Å². The molecule has 7 nitrogen and oxygen atoms in total. The SMILES string of the molecule is CC(C)CC(C(=O)NCC(c1ccccc1)c1ccccc1)N1C(=O)N2CCc3c([nH]c4ccccc34)C2(C)C1=O.